The van der Waals surface area contributed by atoms with Gasteiger partial charge < -0.3 is 10.2 Å². The second kappa shape index (κ2) is 7.59. The number of hydrogen-bond donors (Lipinski definition) is 1. The molecule has 0 saturated carbocycles. The molecule has 3 aromatic rings. The number of nitrogens with one attached hydrogen (secondary N) is 1. The maximum Gasteiger partial charge on any atom is 0.229 e. The number of carbonyl (C=O) groups excluding carboxylic acids is 1. The minimum Gasteiger partial charge on any atom is -0.310 e. The summed E-state index contributed by atoms with van der Waals surface area (Å²) in [6.07, 6.45) is 6.57. The normalized spacial score (nSPS) is 17.7. The van der Waals surface area contributed by atoms with Crippen LogP contribution in [0.25, 0.3) is 21.9 Å². The molecule has 1 fully saturated rings. The van der Waals surface area contributed by atoms with E-state index >= 15 is 0 Å². The monoisotopic (exact) mass is 391 g/mol. The van der Waals surface area contributed by atoms with Crippen LogP contribution in [0.3, 0.4) is 0 Å². The van der Waals surface area contributed by atoms with Crippen LogP contribution in [0.15, 0.2) is 42.9 Å². The van der Waals surface area contributed by atoms with Gasteiger partial charge in [-0.1, -0.05) is 32.9 Å². The minimum absolute atomic E-state index is 0.0246. The molecule has 0 spiro atoms. The smallest absolute Gasteiger partial charge is 0.229 e. The predicted molar refractivity (Wildman–Crippen MR) is 117 cm³/mol. The summed E-state index contributed by atoms with van der Waals surface area (Å²) in [6.45, 7) is 9.52. The molecule has 0 unspecified atom stereocenters. The molecule has 6 heteroatoms. The molecule has 1 amide bonds. The number of pyridine rings is 1. The first-order chi connectivity index (χ1) is 13.8. The van der Waals surface area contributed by atoms with E-state index in [0.717, 1.165) is 48.0 Å². The Bertz CT molecular complexity index is 1030. The van der Waals surface area contributed by atoms with Crippen LogP contribution in [0.2, 0.25) is 0 Å². The van der Waals surface area contributed by atoms with Crippen molar-refractivity contribution in [1.29, 1.82) is 0 Å². The van der Waals surface area contributed by atoms with Crippen molar-refractivity contribution in [2.45, 2.75) is 27.2 Å². The Hall–Kier alpha value is -2.73. The molecule has 1 N–H and O–H groups in total. The van der Waals surface area contributed by atoms with Crippen LogP contribution in [-0.4, -0.2) is 45.2 Å². The molecule has 4 rings (SSSR count). The topological polar surface area (TPSA) is 63.1 Å². The summed E-state index contributed by atoms with van der Waals surface area (Å²) in [6, 6.07) is 8.19. The fraction of sp³-hybridized carbons (Fsp3) is 0.435. The zero-order chi connectivity index (χ0) is 20.6. The van der Waals surface area contributed by atoms with Crippen molar-refractivity contribution in [2.75, 3.05) is 25.0 Å². The van der Waals surface area contributed by atoms with Gasteiger partial charge in [-0.25, -0.2) is 4.98 Å². The molecule has 0 radical (unpaired) electrons. The van der Waals surface area contributed by atoms with Gasteiger partial charge >= 0.3 is 0 Å². The van der Waals surface area contributed by atoms with Crippen molar-refractivity contribution in [1.82, 2.24) is 19.7 Å². The first-order valence-corrected chi connectivity index (χ1v) is 10.2. The van der Waals surface area contributed by atoms with Crippen molar-refractivity contribution >= 4 is 22.5 Å². The maximum absolute atomic E-state index is 12.8. The molecule has 2 aromatic heterocycles. The number of aromatic nitrogens is 3. The molecule has 0 bridgehead atoms. The molecular weight excluding hydrogens is 362 g/mol. The Morgan fingerprint density at radius 3 is 2.72 bits per heavy atom. The average Bonchev–Trinajstić information content (AvgIpc) is 3.29. The molecule has 0 aliphatic carbocycles. The summed E-state index contributed by atoms with van der Waals surface area (Å²) < 4.78 is 1.79. The number of benzene rings is 1. The van der Waals surface area contributed by atoms with E-state index in [2.05, 4.69) is 59.3 Å². The van der Waals surface area contributed by atoms with Gasteiger partial charge in [0.25, 0.3) is 0 Å². The van der Waals surface area contributed by atoms with Crippen molar-refractivity contribution in [3.05, 3.63) is 42.9 Å². The molecule has 6 nitrogen and oxygen atoms in total. The van der Waals surface area contributed by atoms with Gasteiger partial charge in [-0.15, -0.1) is 0 Å². The van der Waals surface area contributed by atoms with Gasteiger partial charge in [0.05, 0.1) is 12.1 Å². The van der Waals surface area contributed by atoms with E-state index in [4.69, 9.17) is 0 Å². The second-order valence-electron chi connectivity index (χ2n) is 9.30. The maximum atomic E-state index is 12.8. The van der Waals surface area contributed by atoms with E-state index in [9.17, 15) is 4.79 Å². The van der Waals surface area contributed by atoms with E-state index in [1.165, 1.54) is 0 Å². The van der Waals surface area contributed by atoms with Crippen molar-refractivity contribution in [3.63, 3.8) is 0 Å². The third kappa shape index (κ3) is 4.65. The molecule has 1 saturated heterocycles. The Morgan fingerprint density at radius 2 is 2.00 bits per heavy atom. The van der Waals surface area contributed by atoms with Crippen LogP contribution < -0.4 is 5.32 Å². The van der Waals surface area contributed by atoms with Crippen molar-refractivity contribution in [3.8, 4) is 11.1 Å². The molecule has 1 atom stereocenters. The highest BCUT2D eigenvalue weighted by atomic mass is 16.2. The fourth-order valence-electron chi connectivity index (χ4n) is 4.05. The van der Waals surface area contributed by atoms with Crippen LogP contribution in [0.4, 0.5) is 5.82 Å². The SMILES string of the molecule is Cn1cc(-c2ccc3cnc(NC(=O)[C@H]4CCN(CC(C)(C)C)C4)cc3c2)cn1. The third-order valence-electron chi connectivity index (χ3n) is 5.35. The lowest BCUT2D eigenvalue weighted by Gasteiger charge is -2.26. The van der Waals surface area contributed by atoms with Gasteiger partial charge in [0.15, 0.2) is 0 Å². The Labute approximate surface area is 171 Å². The molecule has 1 aromatic carbocycles. The number of likely N-dealkylation sites (tertiary alicyclic amines) is 1. The van der Waals surface area contributed by atoms with Crippen LogP contribution >= 0.6 is 0 Å². The Morgan fingerprint density at radius 1 is 1.17 bits per heavy atom. The number of nitrogens with zero attached hydrogens (tertiary/aromatic N) is 4. The number of rotatable bonds is 4. The summed E-state index contributed by atoms with van der Waals surface area (Å²) >= 11 is 0. The number of carbonyl (C=O) groups is 1. The van der Waals surface area contributed by atoms with Crippen LogP contribution in [-0.2, 0) is 11.8 Å². The lowest BCUT2D eigenvalue weighted by atomic mass is 9.96. The lowest BCUT2D eigenvalue weighted by molar-refractivity contribution is -0.119. The molecule has 1 aliphatic rings. The van der Waals surface area contributed by atoms with E-state index in [1.807, 2.05) is 31.7 Å². The number of aryl methyl sites for hydroxylation is 1. The molecule has 29 heavy (non-hydrogen) atoms. The third-order valence-corrected chi connectivity index (χ3v) is 5.35. The van der Waals surface area contributed by atoms with Gasteiger partial charge in [0.2, 0.25) is 5.91 Å². The quantitative estimate of drug-likeness (QED) is 0.732. The number of fused-ring (bicyclic) bond motifs is 1. The summed E-state index contributed by atoms with van der Waals surface area (Å²) in [4.78, 5) is 19.6. The van der Waals surface area contributed by atoms with E-state index in [1.54, 1.807) is 4.68 Å². The van der Waals surface area contributed by atoms with Crippen LogP contribution in [0, 0.1) is 11.3 Å². The molecule has 3 heterocycles. The Kier molecular flexibility index (Phi) is 5.13. The summed E-state index contributed by atoms with van der Waals surface area (Å²) in [7, 11) is 1.91. The number of anilines is 1. The van der Waals surface area contributed by atoms with E-state index < -0.39 is 0 Å². The lowest BCUT2D eigenvalue weighted by Crippen LogP contribution is -2.32. The highest BCUT2D eigenvalue weighted by Crippen LogP contribution is 2.26. The van der Waals surface area contributed by atoms with Gasteiger partial charge in [0, 0.05) is 43.5 Å². The minimum atomic E-state index is 0.0246. The standard InChI is InChI=1S/C23H29N5O/c1-23(2,3)15-28-8-7-18(14-28)22(29)26-21-10-19-9-16(5-6-17(19)11-24-21)20-12-25-27(4)13-20/h5-6,9-13,18H,7-8,14-15H2,1-4H3,(H,24,26,29)/t18-/m0/s1. The fourth-order valence-corrected chi connectivity index (χ4v) is 4.05. The van der Waals surface area contributed by atoms with Gasteiger partial charge in [-0.2, -0.15) is 5.10 Å². The number of amides is 1. The van der Waals surface area contributed by atoms with E-state index in [-0.39, 0.29) is 17.2 Å². The second-order valence-corrected chi connectivity index (χ2v) is 9.30. The zero-order valence-electron chi connectivity index (χ0n) is 17.6. The summed E-state index contributed by atoms with van der Waals surface area (Å²) in [5.41, 5.74) is 2.42. The molecule has 1 aliphatic heterocycles. The number of hydrogen-bond acceptors (Lipinski definition) is 4. The zero-order valence-corrected chi connectivity index (χ0v) is 17.6. The van der Waals surface area contributed by atoms with Gasteiger partial charge in [-0.3, -0.25) is 9.48 Å². The van der Waals surface area contributed by atoms with Crippen LogP contribution in [0.1, 0.15) is 27.2 Å². The average molecular weight is 392 g/mol. The molecular formula is C23H29N5O. The van der Waals surface area contributed by atoms with E-state index in [0.29, 0.717) is 5.82 Å². The van der Waals surface area contributed by atoms with Gasteiger partial charge in [-0.05, 0) is 41.5 Å². The van der Waals surface area contributed by atoms with Crippen molar-refractivity contribution in [2.24, 2.45) is 18.4 Å². The first kappa shape index (κ1) is 19.6. The predicted octanol–water partition coefficient (Wildman–Crippen LogP) is 3.94. The largest absolute Gasteiger partial charge is 0.310 e. The van der Waals surface area contributed by atoms with Gasteiger partial charge in [0.1, 0.15) is 5.82 Å². The summed E-state index contributed by atoms with van der Waals surface area (Å²) in [5, 5.41) is 9.38. The highest BCUT2D eigenvalue weighted by molar-refractivity contribution is 5.95. The molecule has 152 valence electrons. The van der Waals surface area contributed by atoms with Crippen molar-refractivity contribution < 1.29 is 4.79 Å². The van der Waals surface area contributed by atoms with Crippen LogP contribution in [0.5, 0.6) is 0 Å². The Balaban J connectivity index is 1.47. The highest BCUT2D eigenvalue weighted by Gasteiger charge is 2.30. The first-order valence-electron chi connectivity index (χ1n) is 10.2. The summed E-state index contributed by atoms with van der Waals surface area (Å²) in [5.74, 6) is 0.702.